The zero-order valence-corrected chi connectivity index (χ0v) is 13.9. The summed E-state index contributed by atoms with van der Waals surface area (Å²) >= 11 is 0. The number of hydrogen-bond acceptors (Lipinski definition) is 2. The molecule has 3 heteroatoms. The number of benzene rings is 2. The van der Waals surface area contributed by atoms with Gasteiger partial charge in [0, 0.05) is 18.0 Å². The van der Waals surface area contributed by atoms with Crippen LogP contribution in [0.2, 0.25) is 0 Å². The normalized spacial score (nSPS) is 13.8. The van der Waals surface area contributed by atoms with E-state index < -0.39 is 0 Å². The summed E-state index contributed by atoms with van der Waals surface area (Å²) in [6.45, 7) is 1.56. The van der Waals surface area contributed by atoms with Gasteiger partial charge in [-0.1, -0.05) is 42.5 Å². The lowest BCUT2D eigenvalue weighted by Crippen LogP contribution is -2.09. The first-order chi connectivity index (χ1) is 12.4. The Kier molecular flexibility index (Phi) is 3.39. The highest BCUT2D eigenvalue weighted by Gasteiger charge is 2.11. The molecule has 0 saturated carbocycles. The molecule has 1 aliphatic rings. The monoisotopic (exact) mass is 326 g/mol. The average molecular weight is 326 g/mol. The van der Waals surface area contributed by atoms with Gasteiger partial charge in [-0.2, -0.15) is 0 Å². The molecule has 122 valence electrons. The van der Waals surface area contributed by atoms with Gasteiger partial charge in [-0.3, -0.25) is 0 Å². The van der Waals surface area contributed by atoms with E-state index in [1.807, 2.05) is 28.8 Å². The fourth-order valence-electron chi connectivity index (χ4n) is 3.46. The SMILES string of the molecule is c1ccn2cc(-c3ccc(-c4ccc5c(c4)COCC5)cc3)nc2c1. The maximum absolute atomic E-state index is 5.58. The van der Waals surface area contributed by atoms with Crippen molar-refractivity contribution in [1.82, 2.24) is 9.38 Å². The second-order valence-corrected chi connectivity index (χ2v) is 6.46. The topological polar surface area (TPSA) is 26.5 Å². The second kappa shape index (κ2) is 5.87. The first-order valence-corrected chi connectivity index (χ1v) is 8.61. The van der Waals surface area contributed by atoms with Crippen LogP contribution < -0.4 is 0 Å². The Morgan fingerprint density at radius 3 is 2.56 bits per heavy atom. The highest BCUT2D eigenvalue weighted by molar-refractivity contribution is 5.70. The fourth-order valence-corrected chi connectivity index (χ4v) is 3.46. The predicted molar refractivity (Wildman–Crippen MR) is 99.4 cm³/mol. The summed E-state index contributed by atoms with van der Waals surface area (Å²) in [6, 6.07) is 21.4. The predicted octanol–water partition coefficient (Wildman–Crippen LogP) is 4.74. The molecule has 2 aromatic carbocycles. The highest BCUT2D eigenvalue weighted by Crippen LogP contribution is 2.28. The maximum atomic E-state index is 5.58. The minimum absolute atomic E-state index is 0.725. The van der Waals surface area contributed by atoms with Crippen LogP contribution >= 0.6 is 0 Å². The third-order valence-electron chi connectivity index (χ3n) is 4.86. The van der Waals surface area contributed by atoms with Crippen LogP contribution in [0.3, 0.4) is 0 Å². The van der Waals surface area contributed by atoms with E-state index >= 15 is 0 Å². The highest BCUT2D eigenvalue weighted by atomic mass is 16.5. The molecule has 3 heterocycles. The standard InChI is InChI=1S/C22H18N2O/c1-2-11-24-14-21(23-22(24)3-1)18-7-4-16(5-8-18)19-9-6-17-10-12-25-15-20(17)13-19/h1-9,11,13-14H,10,12,15H2. The van der Waals surface area contributed by atoms with Gasteiger partial charge in [-0.15, -0.1) is 0 Å². The van der Waals surface area contributed by atoms with Crippen molar-refractivity contribution in [3.8, 4) is 22.4 Å². The van der Waals surface area contributed by atoms with Gasteiger partial charge in [0.2, 0.25) is 0 Å². The molecular formula is C22H18N2O. The van der Waals surface area contributed by atoms with Gasteiger partial charge >= 0.3 is 0 Å². The number of nitrogens with zero attached hydrogens (tertiary/aromatic N) is 2. The molecule has 0 unspecified atom stereocenters. The van der Waals surface area contributed by atoms with Gasteiger partial charge in [0.15, 0.2) is 0 Å². The van der Waals surface area contributed by atoms with Crippen molar-refractivity contribution in [2.24, 2.45) is 0 Å². The van der Waals surface area contributed by atoms with Crippen LogP contribution in [0.25, 0.3) is 28.0 Å². The lowest BCUT2D eigenvalue weighted by atomic mass is 9.96. The molecule has 0 bridgehead atoms. The molecular weight excluding hydrogens is 308 g/mol. The average Bonchev–Trinajstić information content (AvgIpc) is 3.12. The van der Waals surface area contributed by atoms with Crippen LogP contribution in [0.1, 0.15) is 11.1 Å². The maximum Gasteiger partial charge on any atom is 0.137 e. The molecule has 3 nitrogen and oxygen atoms in total. The number of imidazole rings is 1. The number of hydrogen-bond donors (Lipinski definition) is 0. The zero-order valence-electron chi connectivity index (χ0n) is 13.9. The van der Waals surface area contributed by atoms with Gasteiger partial charge in [0.1, 0.15) is 5.65 Å². The summed E-state index contributed by atoms with van der Waals surface area (Å²) in [7, 11) is 0. The number of ether oxygens (including phenoxy) is 1. The quantitative estimate of drug-likeness (QED) is 0.532. The van der Waals surface area contributed by atoms with E-state index in [1.165, 1.54) is 22.3 Å². The molecule has 0 spiro atoms. The van der Waals surface area contributed by atoms with E-state index in [-0.39, 0.29) is 0 Å². The summed E-state index contributed by atoms with van der Waals surface area (Å²) < 4.78 is 7.63. The molecule has 0 amide bonds. The third-order valence-corrected chi connectivity index (χ3v) is 4.86. The number of aromatic nitrogens is 2. The smallest absolute Gasteiger partial charge is 0.137 e. The van der Waals surface area contributed by atoms with Crippen LogP contribution in [0.15, 0.2) is 73.1 Å². The number of pyridine rings is 1. The summed E-state index contributed by atoms with van der Waals surface area (Å²) in [4.78, 5) is 4.69. The van der Waals surface area contributed by atoms with E-state index in [4.69, 9.17) is 4.74 Å². The molecule has 0 radical (unpaired) electrons. The Labute approximate surface area is 146 Å². The lowest BCUT2D eigenvalue weighted by Gasteiger charge is -2.17. The number of rotatable bonds is 2. The van der Waals surface area contributed by atoms with Crippen molar-refractivity contribution in [2.45, 2.75) is 13.0 Å². The van der Waals surface area contributed by atoms with Crippen LogP contribution in [-0.2, 0) is 17.8 Å². The van der Waals surface area contributed by atoms with Crippen LogP contribution in [0.5, 0.6) is 0 Å². The Bertz CT molecular complexity index is 1010. The van der Waals surface area contributed by atoms with E-state index in [1.54, 1.807) is 0 Å². The molecule has 1 aliphatic heterocycles. The zero-order chi connectivity index (χ0) is 16.6. The molecule has 0 saturated heterocycles. The summed E-state index contributed by atoms with van der Waals surface area (Å²) in [5.74, 6) is 0. The fraction of sp³-hybridized carbons (Fsp3) is 0.136. The van der Waals surface area contributed by atoms with E-state index in [9.17, 15) is 0 Å². The Hall–Kier alpha value is -2.91. The first-order valence-electron chi connectivity index (χ1n) is 8.61. The van der Waals surface area contributed by atoms with Crippen molar-refractivity contribution in [3.05, 3.63) is 84.2 Å². The molecule has 25 heavy (non-hydrogen) atoms. The van der Waals surface area contributed by atoms with Gasteiger partial charge < -0.3 is 9.14 Å². The summed E-state index contributed by atoms with van der Waals surface area (Å²) in [5.41, 5.74) is 8.29. The van der Waals surface area contributed by atoms with Crippen molar-refractivity contribution in [1.29, 1.82) is 0 Å². The van der Waals surface area contributed by atoms with Gasteiger partial charge in [0.25, 0.3) is 0 Å². The molecule has 2 aromatic heterocycles. The van der Waals surface area contributed by atoms with Crippen molar-refractivity contribution in [2.75, 3.05) is 6.61 Å². The molecule has 0 atom stereocenters. The second-order valence-electron chi connectivity index (χ2n) is 6.46. The molecule has 0 N–H and O–H groups in total. The molecule has 5 rings (SSSR count). The van der Waals surface area contributed by atoms with Crippen molar-refractivity contribution < 1.29 is 4.74 Å². The van der Waals surface area contributed by atoms with E-state index in [0.717, 1.165) is 36.5 Å². The summed E-state index contributed by atoms with van der Waals surface area (Å²) in [5, 5.41) is 0. The van der Waals surface area contributed by atoms with Gasteiger partial charge in [-0.05, 0) is 46.9 Å². The minimum atomic E-state index is 0.725. The largest absolute Gasteiger partial charge is 0.376 e. The Morgan fingerprint density at radius 2 is 1.68 bits per heavy atom. The van der Waals surface area contributed by atoms with Crippen molar-refractivity contribution >= 4 is 5.65 Å². The van der Waals surface area contributed by atoms with Gasteiger partial charge in [0.05, 0.1) is 18.9 Å². The lowest BCUT2D eigenvalue weighted by molar-refractivity contribution is 0.111. The van der Waals surface area contributed by atoms with E-state index in [2.05, 4.69) is 53.6 Å². The Morgan fingerprint density at radius 1 is 0.840 bits per heavy atom. The minimum Gasteiger partial charge on any atom is -0.376 e. The van der Waals surface area contributed by atoms with Crippen molar-refractivity contribution in [3.63, 3.8) is 0 Å². The van der Waals surface area contributed by atoms with Crippen LogP contribution in [-0.4, -0.2) is 16.0 Å². The number of fused-ring (bicyclic) bond motifs is 2. The van der Waals surface area contributed by atoms with Gasteiger partial charge in [-0.25, -0.2) is 4.98 Å². The van der Waals surface area contributed by atoms with E-state index in [0.29, 0.717) is 0 Å². The first kappa shape index (κ1) is 14.4. The molecule has 0 aliphatic carbocycles. The Balaban J connectivity index is 1.48. The molecule has 0 fully saturated rings. The van der Waals surface area contributed by atoms with Crippen LogP contribution in [0.4, 0.5) is 0 Å². The summed E-state index contributed by atoms with van der Waals surface area (Å²) in [6.07, 6.45) is 5.11. The molecule has 4 aromatic rings. The third kappa shape index (κ3) is 2.63. The van der Waals surface area contributed by atoms with Crippen LogP contribution in [0, 0.1) is 0 Å².